The van der Waals surface area contributed by atoms with E-state index in [1.165, 1.54) is 5.56 Å². The molecule has 0 aliphatic rings. The molecule has 2 aromatic rings. The number of hydrogen-bond donors (Lipinski definition) is 0. The second-order valence-electron chi connectivity index (χ2n) is 5.92. The van der Waals surface area contributed by atoms with E-state index >= 15 is 0 Å². The number of likely N-dealkylation sites (N-methyl/N-ethyl adjacent to an activating group) is 1. The molecule has 0 amide bonds. The van der Waals surface area contributed by atoms with E-state index in [1.54, 1.807) is 12.1 Å². The minimum absolute atomic E-state index is 0.136. The Labute approximate surface area is 137 Å². The Kier molecular flexibility index (Phi) is 6.26. The van der Waals surface area contributed by atoms with Crippen LogP contribution in [0, 0.1) is 10.1 Å². The van der Waals surface area contributed by atoms with Crippen LogP contribution in [0.15, 0.2) is 54.6 Å². The molecule has 0 aliphatic heterocycles. The average Bonchev–Trinajstić information content (AvgIpc) is 2.54. The summed E-state index contributed by atoms with van der Waals surface area (Å²) >= 11 is 0. The number of benzene rings is 2. The standard InChI is InChI=1S/C18H23N3O2/c1-19(2)12-13-20(14-16-6-4-3-5-7-16)15-17-8-10-18(11-9-17)21(22)23/h3-11H,12-15H2,1-2H3. The molecule has 5 nitrogen and oxygen atoms in total. The van der Waals surface area contributed by atoms with Crippen LogP contribution in [0.4, 0.5) is 5.69 Å². The van der Waals surface area contributed by atoms with Crippen molar-refractivity contribution in [3.8, 4) is 0 Å². The zero-order valence-electron chi connectivity index (χ0n) is 13.7. The average molecular weight is 313 g/mol. The smallest absolute Gasteiger partial charge is 0.269 e. The fourth-order valence-corrected chi connectivity index (χ4v) is 2.38. The SMILES string of the molecule is CN(C)CCN(Cc1ccccc1)Cc1ccc([N+](=O)[O-])cc1. The van der Waals surface area contributed by atoms with Gasteiger partial charge >= 0.3 is 0 Å². The van der Waals surface area contributed by atoms with Crippen LogP contribution in [0.25, 0.3) is 0 Å². The predicted molar refractivity (Wildman–Crippen MR) is 92.2 cm³/mol. The van der Waals surface area contributed by atoms with E-state index in [2.05, 4.69) is 36.0 Å². The molecule has 0 N–H and O–H groups in total. The molecule has 0 saturated heterocycles. The van der Waals surface area contributed by atoms with Crippen LogP contribution < -0.4 is 0 Å². The monoisotopic (exact) mass is 313 g/mol. The minimum Gasteiger partial charge on any atom is -0.308 e. The van der Waals surface area contributed by atoms with Crippen LogP contribution in [0.1, 0.15) is 11.1 Å². The number of hydrogen-bond acceptors (Lipinski definition) is 4. The summed E-state index contributed by atoms with van der Waals surface area (Å²) in [5.41, 5.74) is 2.50. The van der Waals surface area contributed by atoms with Crippen molar-refractivity contribution >= 4 is 5.69 Å². The van der Waals surface area contributed by atoms with Gasteiger partial charge in [0.25, 0.3) is 5.69 Å². The van der Waals surface area contributed by atoms with Gasteiger partial charge in [0.2, 0.25) is 0 Å². The van der Waals surface area contributed by atoms with Crippen molar-refractivity contribution in [2.24, 2.45) is 0 Å². The number of nitro groups is 1. The molecule has 0 aliphatic carbocycles. The summed E-state index contributed by atoms with van der Waals surface area (Å²) in [5.74, 6) is 0. The molecule has 122 valence electrons. The molecule has 2 aromatic carbocycles. The first-order valence-corrected chi connectivity index (χ1v) is 7.69. The van der Waals surface area contributed by atoms with Crippen LogP contribution in [0.5, 0.6) is 0 Å². The molecule has 2 rings (SSSR count). The van der Waals surface area contributed by atoms with Crippen molar-refractivity contribution in [1.29, 1.82) is 0 Å². The first kappa shape index (κ1) is 17.1. The van der Waals surface area contributed by atoms with E-state index in [-0.39, 0.29) is 10.6 Å². The number of nitro benzene ring substituents is 1. The van der Waals surface area contributed by atoms with E-state index in [0.29, 0.717) is 0 Å². The summed E-state index contributed by atoms with van der Waals surface area (Å²) in [6.07, 6.45) is 0. The zero-order valence-corrected chi connectivity index (χ0v) is 13.7. The highest BCUT2D eigenvalue weighted by Crippen LogP contribution is 2.15. The largest absolute Gasteiger partial charge is 0.308 e. The normalized spacial score (nSPS) is 11.1. The van der Waals surface area contributed by atoms with Crippen molar-refractivity contribution in [3.63, 3.8) is 0 Å². The Hall–Kier alpha value is -2.24. The molecule has 0 unspecified atom stereocenters. The number of nitrogens with zero attached hydrogens (tertiary/aromatic N) is 3. The summed E-state index contributed by atoms with van der Waals surface area (Å²) in [6.45, 7) is 3.56. The summed E-state index contributed by atoms with van der Waals surface area (Å²) in [6, 6.07) is 17.2. The lowest BCUT2D eigenvalue weighted by Gasteiger charge is -2.24. The van der Waals surface area contributed by atoms with Gasteiger partial charge in [-0.25, -0.2) is 0 Å². The molecule has 0 radical (unpaired) electrons. The molecule has 0 atom stereocenters. The fourth-order valence-electron chi connectivity index (χ4n) is 2.38. The van der Waals surface area contributed by atoms with Crippen molar-refractivity contribution in [1.82, 2.24) is 9.80 Å². The van der Waals surface area contributed by atoms with Gasteiger partial charge in [-0.05, 0) is 25.2 Å². The highest BCUT2D eigenvalue weighted by atomic mass is 16.6. The molecular weight excluding hydrogens is 290 g/mol. The van der Waals surface area contributed by atoms with Gasteiger partial charge in [0.15, 0.2) is 0 Å². The van der Waals surface area contributed by atoms with Gasteiger partial charge in [-0.15, -0.1) is 0 Å². The summed E-state index contributed by atoms with van der Waals surface area (Å²) in [7, 11) is 4.12. The van der Waals surface area contributed by atoms with Crippen molar-refractivity contribution in [2.45, 2.75) is 13.1 Å². The van der Waals surface area contributed by atoms with Gasteiger partial charge in [0, 0.05) is 38.3 Å². The van der Waals surface area contributed by atoms with Gasteiger partial charge in [-0.2, -0.15) is 0 Å². The summed E-state index contributed by atoms with van der Waals surface area (Å²) in [5, 5.41) is 10.7. The van der Waals surface area contributed by atoms with Gasteiger partial charge in [0.05, 0.1) is 4.92 Å². The molecular formula is C18H23N3O2. The van der Waals surface area contributed by atoms with Gasteiger partial charge < -0.3 is 4.90 Å². The van der Waals surface area contributed by atoms with Crippen LogP contribution in [-0.2, 0) is 13.1 Å². The molecule has 5 heteroatoms. The molecule has 0 heterocycles. The van der Waals surface area contributed by atoms with E-state index in [9.17, 15) is 10.1 Å². The summed E-state index contributed by atoms with van der Waals surface area (Å²) in [4.78, 5) is 14.9. The number of rotatable bonds is 8. The Morgan fingerprint density at radius 1 is 0.870 bits per heavy atom. The van der Waals surface area contributed by atoms with Crippen LogP contribution in [0.2, 0.25) is 0 Å². The Morgan fingerprint density at radius 2 is 1.43 bits per heavy atom. The zero-order chi connectivity index (χ0) is 16.7. The molecule has 0 fully saturated rings. The van der Waals surface area contributed by atoms with E-state index < -0.39 is 0 Å². The number of non-ortho nitro benzene ring substituents is 1. The Morgan fingerprint density at radius 3 is 1.96 bits per heavy atom. The van der Waals surface area contributed by atoms with E-state index in [4.69, 9.17) is 0 Å². The van der Waals surface area contributed by atoms with Gasteiger partial charge in [-0.1, -0.05) is 42.5 Å². The topological polar surface area (TPSA) is 49.6 Å². The molecule has 0 spiro atoms. The van der Waals surface area contributed by atoms with Crippen LogP contribution in [0.3, 0.4) is 0 Å². The summed E-state index contributed by atoms with van der Waals surface area (Å²) < 4.78 is 0. The Bertz CT molecular complexity index is 612. The minimum atomic E-state index is -0.364. The van der Waals surface area contributed by atoms with Crippen molar-refractivity contribution in [3.05, 3.63) is 75.8 Å². The maximum atomic E-state index is 10.7. The first-order chi connectivity index (χ1) is 11.0. The molecule has 0 saturated carbocycles. The van der Waals surface area contributed by atoms with E-state index in [1.807, 2.05) is 30.3 Å². The third-order valence-electron chi connectivity index (χ3n) is 3.67. The first-order valence-electron chi connectivity index (χ1n) is 7.69. The lowest BCUT2D eigenvalue weighted by molar-refractivity contribution is -0.384. The maximum absolute atomic E-state index is 10.7. The third-order valence-corrected chi connectivity index (χ3v) is 3.67. The highest BCUT2D eigenvalue weighted by Gasteiger charge is 2.09. The van der Waals surface area contributed by atoms with Gasteiger partial charge in [-0.3, -0.25) is 15.0 Å². The van der Waals surface area contributed by atoms with Crippen molar-refractivity contribution in [2.75, 3.05) is 27.2 Å². The predicted octanol–water partition coefficient (Wildman–Crippen LogP) is 3.16. The lowest BCUT2D eigenvalue weighted by atomic mass is 10.1. The second-order valence-corrected chi connectivity index (χ2v) is 5.92. The maximum Gasteiger partial charge on any atom is 0.269 e. The third kappa shape index (κ3) is 5.81. The lowest BCUT2D eigenvalue weighted by Crippen LogP contribution is -2.31. The fraction of sp³-hybridized carbons (Fsp3) is 0.333. The second kappa shape index (κ2) is 8.41. The highest BCUT2D eigenvalue weighted by molar-refractivity contribution is 5.32. The molecule has 23 heavy (non-hydrogen) atoms. The van der Waals surface area contributed by atoms with Crippen LogP contribution >= 0.6 is 0 Å². The van der Waals surface area contributed by atoms with E-state index in [0.717, 1.165) is 31.7 Å². The quantitative estimate of drug-likeness (QED) is 0.555. The molecule has 0 aromatic heterocycles. The Balaban J connectivity index is 2.05. The van der Waals surface area contributed by atoms with Gasteiger partial charge in [0.1, 0.15) is 0 Å². The van der Waals surface area contributed by atoms with Crippen LogP contribution in [-0.4, -0.2) is 41.9 Å². The molecule has 0 bridgehead atoms. The van der Waals surface area contributed by atoms with Crippen molar-refractivity contribution < 1.29 is 4.92 Å².